The molecular formula is C21H18F4N2O3. The molecule has 2 aromatic carbocycles. The van der Waals surface area contributed by atoms with Gasteiger partial charge in [0.2, 0.25) is 5.56 Å². The number of H-pyrrole nitrogens is 1. The van der Waals surface area contributed by atoms with Crippen molar-refractivity contribution in [2.24, 2.45) is 0 Å². The SMILES string of the molecule is C[C@@H]1C[C@@](O)(C(F)(F)F)[C@H](Nc2ccc(F)c3[nH]c(=O)ccc23)c2cccc(O)c21. The van der Waals surface area contributed by atoms with Crippen LogP contribution in [-0.4, -0.2) is 27.0 Å². The Kier molecular flexibility index (Phi) is 4.54. The quantitative estimate of drug-likeness (QED) is 0.463. The maximum absolute atomic E-state index is 14.1. The molecule has 4 rings (SSSR count). The highest BCUT2D eigenvalue weighted by atomic mass is 19.4. The van der Waals surface area contributed by atoms with Gasteiger partial charge in [-0.25, -0.2) is 4.39 Å². The predicted octanol–water partition coefficient (Wildman–Crippen LogP) is 4.33. The first-order valence-electron chi connectivity index (χ1n) is 9.22. The van der Waals surface area contributed by atoms with Crippen molar-refractivity contribution < 1.29 is 27.8 Å². The smallest absolute Gasteiger partial charge is 0.419 e. The van der Waals surface area contributed by atoms with E-state index in [1.165, 1.54) is 37.3 Å². The first-order chi connectivity index (χ1) is 14.0. The lowest BCUT2D eigenvalue weighted by Crippen LogP contribution is -2.55. The van der Waals surface area contributed by atoms with Crippen LogP contribution in [0.5, 0.6) is 5.75 Å². The second kappa shape index (κ2) is 6.73. The summed E-state index contributed by atoms with van der Waals surface area (Å²) >= 11 is 0. The van der Waals surface area contributed by atoms with Gasteiger partial charge < -0.3 is 20.5 Å². The number of aromatic nitrogens is 1. The summed E-state index contributed by atoms with van der Waals surface area (Å²) in [6.07, 6.45) is -5.65. The van der Waals surface area contributed by atoms with Crippen LogP contribution in [-0.2, 0) is 0 Å². The molecule has 0 spiro atoms. The highest BCUT2D eigenvalue weighted by Gasteiger charge is 2.62. The standard InChI is InChI=1S/C21H18F4N2O3/c1-10-9-20(30,21(23,24)25)19(12-3-2-4-15(28)17(10)12)26-14-7-6-13(22)18-11(14)5-8-16(29)27-18/h2-8,10,19,26,28,30H,9H2,1H3,(H,27,29)/t10-,19-,20+/m1/s1. The number of nitrogens with one attached hydrogen (secondary N) is 2. The fourth-order valence-corrected chi connectivity index (χ4v) is 4.28. The Labute approximate surface area is 168 Å². The number of phenols is 1. The van der Waals surface area contributed by atoms with E-state index in [0.29, 0.717) is 5.56 Å². The van der Waals surface area contributed by atoms with Gasteiger partial charge in [-0.15, -0.1) is 0 Å². The summed E-state index contributed by atoms with van der Waals surface area (Å²) < 4.78 is 56.2. The molecule has 0 amide bonds. The van der Waals surface area contributed by atoms with E-state index in [9.17, 15) is 32.6 Å². The minimum absolute atomic E-state index is 0.0930. The van der Waals surface area contributed by atoms with E-state index < -0.39 is 41.5 Å². The third-order valence-corrected chi connectivity index (χ3v) is 5.65. The van der Waals surface area contributed by atoms with E-state index in [1.54, 1.807) is 0 Å². The second-order valence-electron chi connectivity index (χ2n) is 7.59. The van der Waals surface area contributed by atoms with Crippen molar-refractivity contribution >= 4 is 16.6 Å². The number of aliphatic hydroxyl groups is 1. The van der Waals surface area contributed by atoms with E-state index >= 15 is 0 Å². The Hall–Kier alpha value is -3.07. The highest BCUT2D eigenvalue weighted by molar-refractivity contribution is 5.91. The number of pyridine rings is 1. The minimum Gasteiger partial charge on any atom is -0.508 e. The number of alkyl halides is 3. The van der Waals surface area contributed by atoms with Crippen molar-refractivity contribution in [3.05, 3.63) is 69.8 Å². The Morgan fingerprint density at radius 2 is 1.90 bits per heavy atom. The third-order valence-electron chi connectivity index (χ3n) is 5.65. The average Bonchev–Trinajstić information content (AvgIpc) is 2.66. The maximum atomic E-state index is 14.1. The molecular weight excluding hydrogens is 404 g/mol. The molecule has 0 aliphatic heterocycles. The van der Waals surface area contributed by atoms with E-state index in [1.807, 2.05) is 0 Å². The van der Waals surface area contributed by atoms with Gasteiger partial charge in [0.05, 0.1) is 11.6 Å². The largest absolute Gasteiger partial charge is 0.508 e. The van der Waals surface area contributed by atoms with Gasteiger partial charge in [-0.2, -0.15) is 13.2 Å². The summed E-state index contributed by atoms with van der Waals surface area (Å²) in [5, 5.41) is 23.9. The number of aromatic amines is 1. The monoisotopic (exact) mass is 422 g/mol. The number of benzene rings is 2. The van der Waals surface area contributed by atoms with Crippen LogP contribution in [0, 0.1) is 5.82 Å². The summed E-state index contributed by atoms with van der Waals surface area (Å²) in [7, 11) is 0. The van der Waals surface area contributed by atoms with Crippen LogP contribution in [0.15, 0.2) is 47.3 Å². The van der Waals surface area contributed by atoms with Crippen molar-refractivity contribution in [3.8, 4) is 5.75 Å². The van der Waals surface area contributed by atoms with Crippen molar-refractivity contribution in [2.45, 2.75) is 37.1 Å². The molecule has 0 radical (unpaired) electrons. The average molecular weight is 422 g/mol. The number of halogens is 4. The van der Waals surface area contributed by atoms with Crippen LogP contribution in [0.3, 0.4) is 0 Å². The van der Waals surface area contributed by atoms with Crippen LogP contribution in [0.1, 0.15) is 36.4 Å². The number of rotatable bonds is 2. The molecule has 0 bridgehead atoms. The lowest BCUT2D eigenvalue weighted by molar-refractivity contribution is -0.272. The second-order valence-corrected chi connectivity index (χ2v) is 7.59. The molecule has 3 atom stereocenters. The van der Waals surface area contributed by atoms with Gasteiger partial charge in [-0.3, -0.25) is 4.79 Å². The minimum atomic E-state index is -4.98. The molecule has 1 aliphatic carbocycles. The lowest BCUT2D eigenvalue weighted by atomic mass is 9.70. The summed E-state index contributed by atoms with van der Waals surface area (Å²) in [5.41, 5.74) is -3.37. The first-order valence-corrected chi connectivity index (χ1v) is 9.22. The van der Waals surface area contributed by atoms with Crippen LogP contribution in [0.4, 0.5) is 23.2 Å². The number of aromatic hydroxyl groups is 1. The molecule has 0 unspecified atom stereocenters. The molecule has 4 N–H and O–H groups in total. The Balaban J connectivity index is 1.93. The van der Waals surface area contributed by atoms with Crippen LogP contribution >= 0.6 is 0 Å². The molecule has 1 aromatic heterocycles. The fraction of sp³-hybridized carbons (Fsp3) is 0.286. The molecule has 3 aromatic rings. The van der Waals surface area contributed by atoms with E-state index in [0.717, 1.165) is 12.1 Å². The zero-order chi connectivity index (χ0) is 21.8. The number of hydrogen-bond acceptors (Lipinski definition) is 4. The van der Waals surface area contributed by atoms with Crippen molar-refractivity contribution in [1.29, 1.82) is 0 Å². The number of anilines is 1. The molecule has 0 saturated heterocycles. The van der Waals surface area contributed by atoms with E-state index in [-0.39, 0.29) is 27.9 Å². The van der Waals surface area contributed by atoms with Gasteiger partial charge in [0, 0.05) is 22.7 Å². The van der Waals surface area contributed by atoms with Gasteiger partial charge in [-0.05, 0) is 42.2 Å². The van der Waals surface area contributed by atoms with Crippen LogP contribution in [0.25, 0.3) is 10.9 Å². The maximum Gasteiger partial charge on any atom is 0.419 e. The summed E-state index contributed by atoms with van der Waals surface area (Å²) in [4.78, 5) is 13.9. The molecule has 9 heteroatoms. The normalized spacial score (nSPS) is 23.9. The number of phenolic OH excluding ortho intramolecular Hbond substituents is 1. The Morgan fingerprint density at radius 3 is 2.60 bits per heavy atom. The van der Waals surface area contributed by atoms with E-state index in [4.69, 9.17) is 0 Å². The highest BCUT2D eigenvalue weighted by Crippen LogP contribution is 2.54. The summed E-state index contributed by atoms with van der Waals surface area (Å²) in [6, 6.07) is 7.20. The van der Waals surface area contributed by atoms with Crippen molar-refractivity contribution in [1.82, 2.24) is 4.98 Å². The molecule has 30 heavy (non-hydrogen) atoms. The lowest BCUT2D eigenvalue weighted by Gasteiger charge is -2.45. The molecule has 1 heterocycles. The zero-order valence-corrected chi connectivity index (χ0v) is 15.7. The third kappa shape index (κ3) is 3.00. The van der Waals surface area contributed by atoms with Gasteiger partial charge in [0.25, 0.3) is 0 Å². The van der Waals surface area contributed by atoms with Crippen molar-refractivity contribution in [2.75, 3.05) is 5.32 Å². The molecule has 0 fully saturated rings. The van der Waals surface area contributed by atoms with Crippen molar-refractivity contribution in [3.63, 3.8) is 0 Å². The van der Waals surface area contributed by atoms with E-state index in [2.05, 4.69) is 10.3 Å². The number of hydrogen-bond donors (Lipinski definition) is 4. The topological polar surface area (TPSA) is 85.4 Å². The number of fused-ring (bicyclic) bond motifs is 2. The Bertz CT molecular complexity index is 1190. The van der Waals surface area contributed by atoms with Crippen LogP contribution < -0.4 is 10.9 Å². The molecule has 158 valence electrons. The van der Waals surface area contributed by atoms with Gasteiger partial charge >= 0.3 is 6.18 Å². The summed E-state index contributed by atoms with van der Waals surface area (Å²) in [5.74, 6) is -1.66. The molecule has 5 nitrogen and oxygen atoms in total. The first kappa shape index (κ1) is 20.2. The van der Waals surface area contributed by atoms with Gasteiger partial charge in [0.15, 0.2) is 5.60 Å². The Morgan fingerprint density at radius 1 is 1.17 bits per heavy atom. The zero-order valence-electron chi connectivity index (χ0n) is 15.7. The van der Waals surface area contributed by atoms with Gasteiger partial charge in [0.1, 0.15) is 11.6 Å². The summed E-state index contributed by atoms with van der Waals surface area (Å²) in [6.45, 7) is 1.50. The fourth-order valence-electron chi connectivity index (χ4n) is 4.28. The molecule has 0 saturated carbocycles. The molecule has 1 aliphatic rings. The van der Waals surface area contributed by atoms with Crippen LogP contribution in [0.2, 0.25) is 0 Å². The van der Waals surface area contributed by atoms with Gasteiger partial charge in [-0.1, -0.05) is 19.1 Å². The predicted molar refractivity (Wildman–Crippen MR) is 103 cm³/mol.